The van der Waals surface area contributed by atoms with Gasteiger partial charge in [0.1, 0.15) is 5.76 Å². The van der Waals surface area contributed by atoms with E-state index >= 15 is 0 Å². The van der Waals surface area contributed by atoms with E-state index in [1.807, 2.05) is 25.1 Å². The monoisotopic (exact) mass is 449 g/mol. The number of amides is 1. The van der Waals surface area contributed by atoms with Gasteiger partial charge in [0, 0.05) is 17.8 Å². The molecule has 2 aromatic carbocycles. The molecule has 1 atom stereocenters. The molecule has 0 bridgehead atoms. The number of nitrogens with zero attached hydrogens (tertiary/aromatic N) is 1. The van der Waals surface area contributed by atoms with Crippen molar-refractivity contribution in [3.63, 3.8) is 0 Å². The van der Waals surface area contributed by atoms with Gasteiger partial charge in [-0.1, -0.05) is 0 Å². The summed E-state index contributed by atoms with van der Waals surface area (Å²) in [5.74, 6) is -2.03. The molecule has 0 aliphatic carbocycles. The number of benzene rings is 2. The molecule has 0 aliphatic heterocycles. The Labute approximate surface area is 178 Å². The predicted octanol–water partition coefficient (Wildman–Crippen LogP) is 3.39. The number of nitrogens with one attached hydrogen (secondary N) is 2. The Balaban J connectivity index is 1.65. The van der Waals surface area contributed by atoms with Crippen molar-refractivity contribution in [1.29, 1.82) is 0 Å². The maximum atomic E-state index is 13.3. The normalized spacial score (nSPS) is 12.5. The van der Waals surface area contributed by atoms with Gasteiger partial charge in [0.25, 0.3) is 15.9 Å². The molecule has 31 heavy (non-hydrogen) atoms. The van der Waals surface area contributed by atoms with E-state index < -0.39 is 26.6 Å². The number of hydrogen-bond acceptors (Lipinski definition) is 5. The third-order valence-electron chi connectivity index (χ3n) is 4.55. The van der Waals surface area contributed by atoms with Crippen LogP contribution in [0.25, 0.3) is 0 Å². The number of carbonyl (C=O) groups is 1. The molecule has 1 amide bonds. The second kappa shape index (κ2) is 9.27. The van der Waals surface area contributed by atoms with Crippen molar-refractivity contribution < 1.29 is 26.4 Å². The summed E-state index contributed by atoms with van der Waals surface area (Å²) in [5, 5.41) is 2.82. The summed E-state index contributed by atoms with van der Waals surface area (Å²) in [6.45, 7) is 0.309. The highest BCUT2D eigenvalue weighted by Crippen LogP contribution is 2.20. The number of anilines is 1. The van der Waals surface area contributed by atoms with Crippen LogP contribution in [0.15, 0.2) is 70.2 Å². The van der Waals surface area contributed by atoms with Gasteiger partial charge in [0.05, 0.1) is 17.2 Å². The van der Waals surface area contributed by atoms with Gasteiger partial charge in [-0.2, -0.15) is 0 Å². The minimum atomic E-state index is -4.11. The van der Waals surface area contributed by atoms with E-state index in [0.717, 1.165) is 12.1 Å². The summed E-state index contributed by atoms with van der Waals surface area (Å²) >= 11 is 0. The minimum absolute atomic E-state index is 0.152. The molecule has 1 unspecified atom stereocenters. The fraction of sp³-hybridized carbons (Fsp3) is 0.190. The molecule has 0 aliphatic rings. The van der Waals surface area contributed by atoms with Crippen molar-refractivity contribution >= 4 is 21.6 Å². The number of carbonyl (C=O) groups excluding carboxylic acids is 1. The quantitative estimate of drug-likeness (QED) is 0.550. The van der Waals surface area contributed by atoms with E-state index in [0.29, 0.717) is 23.9 Å². The Hall–Kier alpha value is -3.24. The molecular formula is C21H21F2N3O4S. The van der Waals surface area contributed by atoms with Gasteiger partial charge >= 0.3 is 0 Å². The Morgan fingerprint density at radius 1 is 1.06 bits per heavy atom. The summed E-state index contributed by atoms with van der Waals surface area (Å²) < 4.78 is 58.7. The first-order valence-electron chi connectivity index (χ1n) is 9.23. The first kappa shape index (κ1) is 22.4. The summed E-state index contributed by atoms with van der Waals surface area (Å²) in [5.41, 5.74) is 0.496. The lowest BCUT2D eigenvalue weighted by Crippen LogP contribution is -2.34. The minimum Gasteiger partial charge on any atom is -0.468 e. The third kappa shape index (κ3) is 5.47. The number of hydrogen-bond donors (Lipinski definition) is 2. The van der Waals surface area contributed by atoms with Crippen molar-refractivity contribution in [3.05, 3.63) is 83.8 Å². The van der Waals surface area contributed by atoms with Gasteiger partial charge < -0.3 is 9.73 Å². The number of rotatable bonds is 8. The van der Waals surface area contributed by atoms with E-state index in [9.17, 15) is 22.0 Å². The lowest BCUT2D eigenvalue weighted by Gasteiger charge is -2.22. The zero-order valence-electron chi connectivity index (χ0n) is 16.8. The van der Waals surface area contributed by atoms with E-state index in [-0.39, 0.29) is 17.6 Å². The maximum absolute atomic E-state index is 13.3. The lowest BCUT2D eigenvalue weighted by molar-refractivity contribution is 0.0939. The Kier molecular flexibility index (Phi) is 6.71. The molecule has 2 N–H and O–H groups in total. The van der Waals surface area contributed by atoms with Crippen molar-refractivity contribution in [2.75, 3.05) is 25.4 Å². The van der Waals surface area contributed by atoms with E-state index in [4.69, 9.17) is 4.42 Å². The molecule has 10 heteroatoms. The Bertz CT molecular complexity index is 1150. The van der Waals surface area contributed by atoms with E-state index in [1.54, 1.807) is 12.3 Å². The van der Waals surface area contributed by atoms with Crippen LogP contribution >= 0.6 is 0 Å². The zero-order chi connectivity index (χ0) is 22.6. The third-order valence-corrected chi connectivity index (χ3v) is 5.93. The van der Waals surface area contributed by atoms with Crippen molar-refractivity contribution in [3.8, 4) is 0 Å². The molecule has 0 spiro atoms. The number of furan rings is 1. The van der Waals surface area contributed by atoms with Crippen LogP contribution < -0.4 is 10.0 Å². The largest absolute Gasteiger partial charge is 0.468 e. The van der Waals surface area contributed by atoms with Gasteiger partial charge in [-0.15, -0.1) is 0 Å². The van der Waals surface area contributed by atoms with E-state index in [2.05, 4.69) is 10.0 Å². The molecule has 164 valence electrons. The van der Waals surface area contributed by atoms with Crippen molar-refractivity contribution in [1.82, 2.24) is 10.2 Å². The van der Waals surface area contributed by atoms with Crippen molar-refractivity contribution in [2.24, 2.45) is 0 Å². The Morgan fingerprint density at radius 3 is 2.35 bits per heavy atom. The molecule has 0 saturated carbocycles. The second-order valence-corrected chi connectivity index (χ2v) is 8.65. The maximum Gasteiger partial charge on any atom is 0.261 e. The SMILES string of the molecule is CN(C)C(CNC(=O)c1ccc(NS(=O)(=O)c2ccc(F)c(F)c2)cc1)c1ccco1. The average molecular weight is 449 g/mol. The molecule has 3 aromatic rings. The molecule has 1 heterocycles. The summed E-state index contributed by atoms with van der Waals surface area (Å²) in [6, 6.07) is 11.5. The highest BCUT2D eigenvalue weighted by Gasteiger charge is 2.19. The van der Waals surface area contributed by atoms with Crippen LogP contribution in [0.2, 0.25) is 0 Å². The predicted molar refractivity (Wildman–Crippen MR) is 111 cm³/mol. The first-order valence-corrected chi connectivity index (χ1v) is 10.7. The topological polar surface area (TPSA) is 91.7 Å². The van der Waals surface area contributed by atoms with Gasteiger partial charge in [0.15, 0.2) is 11.6 Å². The summed E-state index contributed by atoms with van der Waals surface area (Å²) in [4.78, 5) is 13.9. The van der Waals surface area contributed by atoms with Gasteiger partial charge in [-0.3, -0.25) is 14.4 Å². The van der Waals surface area contributed by atoms with Crippen LogP contribution in [-0.2, 0) is 10.0 Å². The van der Waals surface area contributed by atoms with Crippen LogP contribution in [0.4, 0.5) is 14.5 Å². The van der Waals surface area contributed by atoms with Gasteiger partial charge in [-0.25, -0.2) is 17.2 Å². The first-order chi connectivity index (χ1) is 14.7. The molecule has 1 aromatic heterocycles. The smallest absolute Gasteiger partial charge is 0.261 e. The van der Waals surface area contributed by atoms with Crippen LogP contribution in [0.5, 0.6) is 0 Å². The highest BCUT2D eigenvalue weighted by molar-refractivity contribution is 7.92. The lowest BCUT2D eigenvalue weighted by atomic mass is 10.1. The summed E-state index contributed by atoms with van der Waals surface area (Å²) in [6.07, 6.45) is 1.56. The van der Waals surface area contributed by atoms with Gasteiger partial charge in [-0.05, 0) is 68.7 Å². The zero-order valence-corrected chi connectivity index (χ0v) is 17.6. The average Bonchev–Trinajstić information content (AvgIpc) is 3.24. The highest BCUT2D eigenvalue weighted by atomic mass is 32.2. The molecule has 3 rings (SSSR count). The molecule has 0 radical (unpaired) electrons. The molecule has 0 fully saturated rings. The molecule has 0 saturated heterocycles. The second-order valence-electron chi connectivity index (χ2n) is 6.96. The van der Waals surface area contributed by atoms with E-state index in [1.165, 1.54) is 24.3 Å². The molecular weight excluding hydrogens is 428 g/mol. The fourth-order valence-electron chi connectivity index (χ4n) is 2.86. The fourth-order valence-corrected chi connectivity index (χ4v) is 3.93. The van der Waals surface area contributed by atoms with Crippen molar-refractivity contribution in [2.45, 2.75) is 10.9 Å². The Morgan fingerprint density at radius 2 is 1.77 bits per heavy atom. The summed E-state index contributed by atoms with van der Waals surface area (Å²) in [7, 11) is -0.378. The van der Waals surface area contributed by atoms with Crippen LogP contribution in [0.1, 0.15) is 22.2 Å². The van der Waals surface area contributed by atoms with Crippen LogP contribution in [-0.4, -0.2) is 39.9 Å². The number of sulfonamides is 1. The standard InChI is InChI=1S/C21H21F2N3O4S/c1-26(2)19(20-4-3-11-30-20)13-24-21(27)14-5-7-15(8-6-14)25-31(28,29)16-9-10-17(22)18(23)12-16/h3-12,19,25H,13H2,1-2H3,(H,24,27). The van der Waals surface area contributed by atoms with Gasteiger partial charge in [0.2, 0.25) is 0 Å². The van der Waals surface area contributed by atoms with Crippen LogP contribution in [0.3, 0.4) is 0 Å². The molecule has 7 nitrogen and oxygen atoms in total. The number of likely N-dealkylation sites (N-methyl/N-ethyl adjacent to an activating group) is 1. The van der Waals surface area contributed by atoms with Crippen LogP contribution in [0, 0.1) is 11.6 Å². The number of halogens is 2.